The van der Waals surface area contributed by atoms with Gasteiger partial charge in [-0.3, -0.25) is 19.0 Å². The van der Waals surface area contributed by atoms with Gasteiger partial charge in [0.1, 0.15) is 6.54 Å². The minimum Gasteiger partial charge on any atom is -0.343 e. The average Bonchev–Trinajstić information content (AvgIpc) is 3.25. The van der Waals surface area contributed by atoms with Gasteiger partial charge in [0.05, 0.1) is 11.9 Å². The summed E-state index contributed by atoms with van der Waals surface area (Å²) in [7, 11) is 3.38. The van der Waals surface area contributed by atoms with E-state index < -0.39 is 0 Å². The maximum Gasteiger partial charge on any atom is 0.275 e. The Morgan fingerprint density at radius 1 is 1.25 bits per heavy atom. The summed E-state index contributed by atoms with van der Waals surface area (Å²) in [5, 5.41) is 12.4. The Kier molecular flexibility index (Phi) is 6.11. The van der Waals surface area contributed by atoms with Gasteiger partial charge in [-0.05, 0) is 45.6 Å². The van der Waals surface area contributed by atoms with Crippen LogP contribution in [0.2, 0.25) is 0 Å². The third-order valence-corrected chi connectivity index (χ3v) is 5.19. The van der Waals surface area contributed by atoms with Crippen LogP contribution in [0.1, 0.15) is 47.6 Å². The van der Waals surface area contributed by atoms with Crippen molar-refractivity contribution in [3.05, 3.63) is 29.3 Å². The van der Waals surface area contributed by atoms with Crippen LogP contribution in [0, 0.1) is 13.8 Å². The van der Waals surface area contributed by atoms with Gasteiger partial charge in [0.2, 0.25) is 5.91 Å². The molecule has 152 valence electrons. The Bertz CT molecular complexity index is 839. The summed E-state index contributed by atoms with van der Waals surface area (Å²) in [6, 6.07) is 2.16. The summed E-state index contributed by atoms with van der Waals surface area (Å²) in [5.74, 6) is -0.0522. The zero-order valence-electron chi connectivity index (χ0n) is 17.1. The summed E-state index contributed by atoms with van der Waals surface area (Å²) < 4.78 is 3.47. The van der Waals surface area contributed by atoms with Crippen LogP contribution in [0.3, 0.4) is 0 Å². The normalized spacial score (nSPS) is 17.0. The van der Waals surface area contributed by atoms with Crippen molar-refractivity contribution in [2.24, 2.45) is 0 Å². The quantitative estimate of drug-likeness (QED) is 0.745. The maximum absolute atomic E-state index is 12.9. The SMILES string of the molecule is Cc1cc(C)n(CC(=O)N2CCCCC2CCn2cc(C(=O)N(C)C)nn2)n1. The Balaban J connectivity index is 1.61. The van der Waals surface area contributed by atoms with Crippen molar-refractivity contribution in [3.8, 4) is 0 Å². The van der Waals surface area contributed by atoms with Crippen molar-refractivity contribution in [2.75, 3.05) is 20.6 Å². The molecule has 1 saturated heterocycles. The van der Waals surface area contributed by atoms with Gasteiger partial charge in [-0.1, -0.05) is 5.21 Å². The van der Waals surface area contributed by atoms with Crippen molar-refractivity contribution < 1.29 is 9.59 Å². The fourth-order valence-corrected chi connectivity index (χ4v) is 3.70. The van der Waals surface area contributed by atoms with Gasteiger partial charge in [-0.15, -0.1) is 5.10 Å². The van der Waals surface area contributed by atoms with Gasteiger partial charge in [0.15, 0.2) is 5.69 Å². The smallest absolute Gasteiger partial charge is 0.275 e. The first-order valence-corrected chi connectivity index (χ1v) is 9.77. The van der Waals surface area contributed by atoms with Crippen molar-refractivity contribution in [2.45, 2.75) is 58.7 Å². The Hall–Kier alpha value is -2.71. The Labute approximate surface area is 165 Å². The number of likely N-dealkylation sites (tertiary alicyclic amines) is 1. The molecule has 3 heterocycles. The molecule has 0 aliphatic carbocycles. The summed E-state index contributed by atoms with van der Waals surface area (Å²) >= 11 is 0. The van der Waals surface area contributed by atoms with Crippen LogP contribution in [0.5, 0.6) is 0 Å². The first kappa shape index (κ1) is 20.0. The lowest BCUT2D eigenvalue weighted by molar-refractivity contribution is -0.136. The fraction of sp³-hybridized carbons (Fsp3) is 0.632. The molecule has 0 aromatic carbocycles. The molecule has 1 fully saturated rings. The van der Waals surface area contributed by atoms with Crippen LogP contribution in [0.15, 0.2) is 12.3 Å². The van der Waals surface area contributed by atoms with Gasteiger partial charge in [0, 0.05) is 38.9 Å². The molecule has 1 unspecified atom stereocenters. The van der Waals surface area contributed by atoms with E-state index in [-0.39, 0.29) is 24.4 Å². The van der Waals surface area contributed by atoms with Crippen molar-refractivity contribution in [1.82, 2.24) is 34.6 Å². The molecule has 1 atom stereocenters. The molecule has 9 nitrogen and oxygen atoms in total. The maximum atomic E-state index is 12.9. The molecule has 0 N–H and O–H groups in total. The predicted octanol–water partition coefficient (Wildman–Crippen LogP) is 1.26. The molecular formula is C19H29N7O2. The van der Waals surface area contributed by atoms with E-state index in [1.165, 1.54) is 4.90 Å². The number of hydrogen-bond acceptors (Lipinski definition) is 5. The lowest BCUT2D eigenvalue weighted by Crippen LogP contribution is -2.45. The molecule has 1 aliphatic heterocycles. The third kappa shape index (κ3) is 4.58. The molecule has 2 aromatic heterocycles. The van der Waals surface area contributed by atoms with Gasteiger partial charge in [-0.25, -0.2) is 0 Å². The zero-order chi connectivity index (χ0) is 20.3. The largest absolute Gasteiger partial charge is 0.343 e. The van der Waals surface area contributed by atoms with Gasteiger partial charge < -0.3 is 9.80 Å². The van der Waals surface area contributed by atoms with Crippen molar-refractivity contribution in [3.63, 3.8) is 0 Å². The highest BCUT2D eigenvalue weighted by Gasteiger charge is 2.27. The number of nitrogens with zero attached hydrogens (tertiary/aromatic N) is 7. The van der Waals surface area contributed by atoms with E-state index in [0.29, 0.717) is 12.2 Å². The third-order valence-electron chi connectivity index (χ3n) is 5.19. The molecule has 9 heteroatoms. The van der Waals surface area contributed by atoms with E-state index in [9.17, 15) is 9.59 Å². The average molecular weight is 387 g/mol. The van der Waals surface area contributed by atoms with E-state index >= 15 is 0 Å². The molecule has 0 radical (unpaired) electrons. The molecule has 28 heavy (non-hydrogen) atoms. The highest BCUT2D eigenvalue weighted by atomic mass is 16.2. The number of carbonyl (C=O) groups excluding carboxylic acids is 2. The first-order chi connectivity index (χ1) is 13.3. The van der Waals surface area contributed by atoms with Crippen LogP contribution in [0.4, 0.5) is 0 Å². The van der Waals surface area contributed by atoms with E-state index in [1.54, 1.807) is 29.7 Å². The number of aromatic nitrogens is 5. The number of amides is 2. The molecule has 1 aliphatic rings. The zero-order valence-corrected chi connectivity index (χ0v) is 17.1. The summed E-state index contributed by atoms with van der Waals surface area (Å²) in [6.45, 7) is 5.59. The fourth-order valence-electron chi connectivity index (χ4n) is 3.70. The summed E-state index contributed by atoms with van der Waals surface area (Å²) in [4.78, 5) is 28.3. The second-order valence-corrected chi connectivity index (χ2v) is 7.68. The second-order valence-electron chi connectivity index (χ2n) is 7.68. The molecule has 2 amide bonds. The van der Waals surface area contributed by atoms with Crippen LogP contribution in [0.25, 0.3) is 0 Å². The van der Waals surface area contributed by atoms with Crippen LogP contribution >= 0.6 is 0 Å². The van der Waals surface area contributed by atoms with Crippen molar-refractivity contribution in [1.29, 1.82) is 0 Å². The first-order valence-electron chi connectivity index (χ1n) is 9.77. The summed E-state index contributed by atoms with van der Waals surface area (Å²) in [5.41, 5.74) is 2.26. The van der Waals surface area contributed by atoms with Crippen LogP contribution in [-0.2, 0) is 17.9 Å². The minimum atomic E-state index is -0.161. The van der Waals surface area contributed by atoms with Crippen molar-refractivity contribution >= 4 is 11.8 Å². The Morgan fingerprint density at radius 3 is 2.71 bits per heavy atom. The number of rotatable bonds is 6. The van der Waals surface area contributed by atoms with Crippen LogP contribution in [-0.4, -0.2) is 73.1 Å². The molecule has 0 bridgehead atoms. The van der Waals surface area contributed by atoms with E-state index in [0.717, 1.165) is 43.6 Å². The van der Waals surface area contributed by atoms with Gasteiger partial charge >= 0.3 is 0 Å². The molecule has 0 saturated carbocycles. The molecular weight excluding hydrogens is 358 g/mol. The van der Waals surface area contributed by atoms with Crippen LogP contribution < -0.4 is 0 Å². The monoisotopic (exact) mass is 387 g/mol. The number of carbonyl (C=O) groups is 2. The number of piperidine rings is 1. The van der Waals surface area contributed by atoms with E-state index in [2.05, 4.69) is 15.4 Å². The molecule has 3 rings (SSSR count). The number of hydrogen-bond donors (Lipinski definition) is 0. The standard InChI is InChI=1S/C19H29N7O2/c1-14-11-15(2)26(21-14)13-18(27)25-9-6-5-7-16(25)8-10-24-12-17(20-22-24)19(28)23(3)4/h11-12,16H,5-10,13H2,1-4H3. The molecule has 2 aromatic rings. The summed E-state index contributed by atoms with van der Waals surface area (Å²) in [6.07, 6.45) is 5.61. The second kappa shape index (κ2) is 8.53. The van der Waals surface area contributed by atoms with Gasteiger partial charge in [-0.2, -0.15) is 5.10 Å². The topological polar surface area (TPSA) is 89.2 Å². The lowest BCUT2D eigenvalue weighted by atomic mass is 9.99. The Morgan fingerprint density at radius 2 is 2.04 bits per heavy atom. The highest BCUT2D eigenvalue weighted by Crippen LogP contribution is 2.21. The minimum absolute atomic E-state index is 0.109. The molecule has 0 spiro atoms. The number of aryl methyl sites for hydroxylation is 3. The predicted molar refractivity (Wildman–Crippen MR) is 104 cm³/mol. The van der Waals surface area contributed by atoms with E-state index in [1.807, 2.05) is 24.8 Å². The lowest BCUT2D eigenvalue weighted by Gasteiger charge is -2.36. The van der Waals surface area contributed by atoms with Gasteiger partial charge in [0.25, 0.3) is 5.91 Å². The highest BCUT2D eigenvalue weighted by molar-refractivity contribution is 5.91. The van der Waals surface area contributed by atoms with E-state index in [4.69, 9.17) is 0 Å².